The molecule has 0 aromatic carbocycles. The lowest BCUT2D eigenvalue weighted by Gasteiger charge is -2.32. The Balaban J connectivity index is 1.66. The highest BCUT2D eigenvalue weighted by Gasteiger charge is 2.41. The van der Waals surface area contributed by atoms with Crippen LogP contribution in [0.1, 0.15) is 44.9 Å². The molecule has 2 N–H and O–H groups in total. The Kier molecular flexibility index (Phi) is 4.71. The zero-order valence-electron chi connectivity index (χ0n) is 10.9. The van der Waals surface area contributed by atoms with Gasteiger partial charge < -0.3 is 10.6 Å². The Morgan fingerprint density at radius 1 is 1.16 bits per heavy atom. The van der Waals surface area contributed by atoms with Crippen molar-refractivity contribution >= 4 is 5.91 Å². The van der Waals surface area contributed by atoms with Gasteiger partial charge in [-0.15, -0.1) is 0 Å². The molecule has 0 spiro atoms. The van der Waals surface area contributed by atoms with Crippen LogP contribution in [-0.2, 0) is 4.79 Å². The molecule has 1 saturated carbocycles. The first-order chi connectivity index (χ1) is 8.97. The number of carbonyl (C=O) groups excluding carboxylic acids is 1. The van der Waals surface area contributed by atoms with Crippen molar-refractivity contribution in [1.82, 2.24) is 10.6 Å². The molecule has 2 fully saturated rings. The first-order valence-electron chi connectivity index (χ1n) is 7.07. The normalized spacial score (nSPS) is 28.8. The molecule has 19 heavy (non-hydrogen) atoms. The summed E-state index contributed by atoms with van der Waals surface area (Å²) in [5, 5.41) is 5.47. The first-order valence-corrected chi connectivity index (χ1v) is 7.07. The Labute approximate surface area is 111 Å². The SMILES string of the molecule is O=C(NCCC1CCCC(C(F)(F)F)N1)C1CCC1. The monoisotopic (exact) mass is 278 g/mol. The van der Waals surface area contributed by atoms with E-state index in [2.05, 4.69) is 10.6 Å². The van der Waals surface area contributed by atoms with E-state index in [0.717, 1.165) is 25.7 Å². The number of hydrogen-bond donors (Lipinski definition) is 2. The van der Waals surface area contributed by atoms with Gasteiger partial charge in [-0.05, 0) is 32.1 Å². The summed E-state index contributed by atoms with van der Waals surface area (Å²) >= 11 is 0. The van der Waals surface area contributed by atoms with E-state index >= 15 is 0 Å². The van der Waals surface area contributed by atoms with Gasteiger partial charge in [0.05, 0.1) is 0 Å². The molecule has 2 aliphatic rings. The van der Waals surface area contributed by atoms with Crippen LogP contribution in [-0.4, -0.2) is 30.7 Å². The largest absolute Gasteiger partial charge is 0.403 e. The van der Waals surface area contributed by atoms with E-state index in [-0.39, 0.29) is 24.3 Å². The topological polar surface area (TPSA) is 41.1 Å². The molecule has 0 aromatic rings. The molecule has 3 nitrogen and oxygen atoms in total. The fourth-order valence-corrected chi connectivity index (χ4v) is 2.69. The van der Waals surface area contributed by atoms with Gasteiger partial charge in [0.25, 0.3) is 0 Å². The number of alkyl halides is 3. The zero-order chi connectivity index (χ0) is 13.9. The number of halogens is 3. The summed E-state index contributed by atoms with van der Waals surface area (Å²) in [6.07, 6.45) is 0.931. The standard InChI is InChI=1S/C13H21F3N2O/c14-13(15,16)11-6-2-5-10(18-11)7-8-17-12(19)9-3-1-4-9/h9-11,18H,1-8H2,(H,17,19). The molecular formula is C13H21F3N2O. The van der Waals surface area contributed by atoms with Gasteiger partial charge in [-0.2, -0.15) is 13.2 Å². The number of nitrogens with one attached hydrogen (secondary N) is 2. The van der Waals surface area contributed by atoms with Crippen LogP contribution in [0.15, 0.2) is 0 Å². The fourth-order valence-electron chi connectivity index (χ4n) is 2.69. The predicted octanol–water partition coefficient (Wildman–Crippen LogP) is 2.37. The molecule has 1 saturated heterocycles. The number of amides is 1. The van der Waals surface area contributed by atoms with Gasteiger partial charge in [0.2, 0.25) is 5.91 Å². The Hall–Kier alpha value is -0.780. The summed E-state index contributed by atoms with van der Waals surface area (Å²) in [5.74, 6) is 0.205. The molecular weight excluding hydrogens is 257 g/mol. The smallest absolute Gasteiger partial charge is 0.356 e. The van der Waals surface area contributed by atoms with Crippen LogP contribution in [0.5, 0.6) is 0 Å². The maximum absolute atomic E-state index is 12.6. The second kappa shape index (κ2) is 6.11. The van der Waals surface area contributed by atoms with E-state index < -0.39 is 12.2 Å². The van der Waals surface area contributed by atoms with Crippen LogP contribution in [0.3, 0.4) is 0 Å². The fraction of sp³-hybridized carbons (Fsp3) is 0.923. The number of hydrogen-bond acceptors (Lipinski definition) is 2. The van der Waals surface area contributed by atoms with Gasteiger partial charge >= 0.3 is 6.18 Å². The van der Waals surface area contributed by atoms with Crippen LogP contribution >= 0.6 is 0 Å². The van der Waals surface area contributed by atoms with Gasteiger partial charge in [-0.1, -0.05) is 12.8 Å². The van der Waals surface area contributed by atoms with Crippen molar-refractivity contribution < 1.29 is 18.0 Å². The Bertz CT molecular complexity index is 316. The highest BCUT2D eigenvalue weighted by Crippen LogP contribution is 2.28. The van der Waals surface area contributed by atoms with Crippen LogP contribution in [0.25, 0.3) is 0 Å². The van der Waals surface area contributed by atoms with E-state index in [9.17, 15) is 18.0 Å². The minimum atomic E-state index is -4.16. The number of piperidine rings is 1. The molecule has 6 heteroatoms. The maximum Gasteiger partial charge on any atom is 0.403 e. The van der Waals surface area contributed by atoms with Crippen molar-refractivity contribution in [3.05, 3.63) is 0 Å². The van der Waals surface area contributed by atoms with E-state index in [1.54, 1.807) is 0 Å². The third-order valence-corrected chi connectivity index (χ3v) is 4.15. The van der Waals surface area contributed by atoms with Gasteiger partial charge in [-0.25, -0.2) is 0 Å². The van der Waals surface area contributed by atoms with Gasteiger partial charge in [0, 0.05) is 18.5 Å². The van der Waals surface area contributed by atoms with Gasteiger partial charge in [-0.3, -0.25) is 4.79 Å². The molecule has 2 rings (SSSR count). The lowest BCUT2D eigenvalue weighted by molar-refractivity contribution is -0.163. The second-order valence-electron chi connectivity index (χ2n) is 5.60. The lowest BCUT2D eigenvalue weighted by Crippen LogP contribution is -2.51. The number of rotatable bonds is 4. The highest BCUT2D eigenvalue weighted by atomic mass is 19.4. The minimum Gasteiger partial charge on any atom is -0.356 e. The molecule has 1 amide bonds. The summed E-state index contributed by atoms with van der Waals surface area (Å²) in [6.45, 7) is 0.470. The molecule has 2 atom stereocenters. The van der Waals surface area contributed by atoms with Gasteiger partial charge in [0.15, 0.2) is 0 Å². The molecule has 2 unspecified atom stereocenters. The molecule has 1 aliphatic carbocycles. The third kappa shape index (κ3) is 4.09. The molecule has 1 aliphatic heterocycles. The molecule has 0 radical (unpaired) electrons. The first kappa shape index (κ1) is 14.6. The predicted molar refractivity (Wildman–Crippen MR) is 65.6 cm³/mol. The Morgan fingerprint density at radius 3 is 2.42 bits per heavy atom. The van der Waals surface area contributed by atoms with Crippen molar-refractivity contribution in [2.75, 3.05) is 6.54 Å². The molecule has 1 heterocycles. The van der Waals surface area contributed by atoms with Crippen molar-refractivity contribution in [3.63, 3.8) is 0 Å². The lowest BCUT2D eigenvalue weighted by atomic mass is 9.85. The van der Waals surface area contributed by atoms with Crippen molar-refractivity contribution in [1.29, 1.82) is 0 Å². The second-order valence-corrected chi connectivity index (χ2v) is 5.60. The summed E-state index contributed by atoms with van der Waals surface area (Å²) < 4.78 is 37.8. The summed E-state index contributed by atoms with van der Waals surface area (Å²) in [6, 6.07) is -1.52. The summed E-state index contributed by atoms with van der Waals surface area (Å²) in [5.41, 5.74) is 0. The highest BCUT2D eigenvalue weighted by molar-refractivity contribution is 5.79. The molecule has 0 aromatic heterocycles. The third-order valence-electron chi connectivity index (χ3n) is 4.15. The maximum atomic E-state index is 12.6. The van der Waals surface area contributed by atoms with Crippen LogP contribution in [0.4, 0.5) is 13.2 Å². The van der Waals surface area contributed by atoms with Gasteiger partial charge in [0.1, 0.15) is 6.04 Å². The van der Waals surface area contributed by atoms with Crippen LogP contribution in [0, 0.1) is 5.92 Å². The van der Waals surface area contributed by atoms with Crippen molar-refractivity contribution in [2.24, 2.45) is 5.92 Å². The Morgan fingerprint density at radius 2 is 1.84 bits per heavy atom. The van der Waals surface area contributed by atoms with E-state index in [1.165, 1.54) is 0 Å². The van der Waals surface area contributed by atoms with Crippen LogP contribution in [0.2, 0.25) is 0 Å². The average Bonchev–Trinajstić information content (AvgIpc) is 2.26. The number of carbonyl (C=O) groups is 1. The van der Waals surface area contributed by atoms with Crippen molar-refractivity contribution in [2.45, 2.75) is 63.2 Å². The average molecular weight is 278 g/mol. The molecule has 0 bridgehead atoms. The quantitative estimate of drug-likeness (QED) is 0.829. The minimum absolute atomic E-state index is 0.0643. The van der Waals surface area contributed by atoms with E-state index in [1.807, 2.05) is 0 Å². The summed E-state index contributed by atoms with van der Waals surface area (Å²) in [4.78, 5) is 11.6. The van der Waals surface area contributed by atoms with Crippen LogP contribution < -0.4 is 10.6 Å². The van der Waals surface area contributed by atoms with E-state index in [0.29, 0.717) is 19.4 Å². The van der Waals surface area contributed by atoms with Crippen molar-refractivity contribution in [3.8, 4) is 0 Å². The summed E-state index contributed by atoms with van der Waals surface area (Å²) in [7, 11) is 0. The zero-order valence-corrected chi connectivity index (χ0v) is 10.9. The van der Waals surface area contributed by atoms with E-state index in [4.69, 9.17) is 0 Å². The molecule has 110 valence electrons.